The minimum absolute atomic E-state index is 0.0602. The number of aliphatic hydroxyl groups is 2. The van der Waals surface area contributed by atoms with Gasteiger partial charge in [0.25, 0.3) is 5.17 Å². The van der Waals surface area contributed by atoms with Gasteiger partial charge in [-0.15, -0.1) is 0 Å². The Bertz CT molecular complexity index is 948. The standard InChI is InChI=1S/C20H28N6O5S/c27-15-13(31-20(32)25-11-3-1-2-4-11)8-30-19(16(15)28)26-10-23-14-17(21-9-22-18(14)26)24-12-5-6-29-7-12/h9-13,15-16,19,27-28H,1-8H2,(H,25,32)(H,21,22,24)/t12-,13+,15-,16-,19?/m1/s1. The Kier molecular flexibility index (Phi) is 6.37. The first-order chi connectivity index (χ1) is 15.6. The summed E-state index contributed by atoms with van der Waals surface area (Å²) in [6.07, 6.45) is 4.22. The predicted octanol–water partition coefficient (Wildman–Crippen LogP) is 0.480. The SMILES string of the molecule is O[C@@H]1[C@@H](OC(=S)NC2CCCC2)COC(n2cnc3c(N[C@@H]4CCOC4)ncnc32)[C@@H]1O. The van der Waals surface area contributed by atoms with Gasteiger partial charge in [0.2, 0.25) is 0 Å². The first kappa shape index (κ1) is 21.7. The maximum absolute atomic E-state index is 10.8. The Labute approximate surface area is 190 Å². The number of ether oxygens (including phenoxy) is 3. The number of hydrogen-bond acceptors (Lipinski definition) is 10. The number of thiocarbonyl (C=S) groups is 1. The molecule has 174 valence electrons. The van der Waals surface area contributed by atoms with Gasteiger partial charge in [0.15, 0.2) is 29.3 Å². The molecule has 1 saturated carbocycles. The monoisotopic (exact) mass is 464 g/mol. The van der Waals surface area contributed by atoms with Crippen LogP contribution in [0.3, 0.4) is 0 Å². The molecule has 32 heavy (non-hydrogen) atoms. The molecule has 3 fully saturated rings. The van der Waals surface area contributed by atoms with Gasteiger partial charge in [-0.2, -0.15) is 0 Å². The van der Waals surface area contributed by atoms with Crippen molar-refractivity contribution in [3.8, 4) is 0 Å². The van der Waals surface area contributed by atoms with Crippen LogP contribution in [0.15, 0.2) is 12.7 Å². The van der Waals surface area contributed by atoms with Gasteiger partial charge in [-0.25, -0.2) is 15.0 Å². The molecule has 0 spiro atoms. The van der Waals surface area contributed by atoms with E-state index in [-0.39, 0.29) is 17.8 Å². The molecule has 2 aromatic heterocycles. The molecule has 0 amide bonds. The van der Waals surface area contributed by atoms with Crippen LogP contribution in [0, 0.1) is 0 Å². The van der Waals surface area contributed by atoms with Gasteiger partial charge < -0.3 is 35.1 Å². The van der Waals surface area contributed by atoms with Crippen molar-refractivity contribution in [1.82, 2.24) is 24.8 Å². The quantitative estimate of drug-likeness (QED) is 0.460. The number of aromatic nitrogens is 4. The Morgan fingerprint density at radius 1 is 1.09 bits per heavy atom. The van der Waals surface area contributed by atoms with Gasteiger partial charge in [-0.05, 0) is 31.5 Å². The molecule has 2 aromatic rings. The second-order valence-corrected chi connectivity index (χ2v) is 8.90. The third-order valence-corrected chi connectivity index (χ3v) is 6.51. The van der Waals surface area contributed by atoms with Crippen LogP contribution in [0.25, 0.3) is 11.2 Å². The fourth-order valence-corrected chi connectivity index (χ4v) is 4.81. The van der Waals surface area contributed by atoms with Gasteiger partial charge in [0.05, 0.1) is 25.6 Å². The average Bonchev–Trinajstić information content (AvgIpc) is 3.54. The third-order valence-electron chi connectivity index (χ3n) is 6.29. The van der Waals surface area contributed by atoms with Crippen LogP contribution in [-0.4, -0.2) is 85.1 Å². The van der Waals surface area contributed by atoms with Crippen LogP contribution in [0.5, 0.6) is 0 Å². The molecule has 4 N–H and O–H groups in total. The zero-order chi connectivity index (χ0) is 22.1. The van der Waals surface area contributed by atoms with Crippen LogP contribution in [0.1, 0.15) is 38.3 Å². The topological polar surface area (TPSA) is 136 Å². The summed E-state index contributed by atoms with van der Waals surface area (Å²) in [4.78, 5) is 13.0. The number of aliphatic hydroxyl groups excluding tert-OH is 2. The Hall–Kier alpha value is -2.12. The third kappa shape index (κ3) is 4.37. The second-order valence-electron chi connectivity index (χ2n) is 8.53. The Morgan fingerprint density at radius 3 is 2.72 bits per heavy atom. The molecular weight excluding hydrogens is 436 g/mol. The molecule has 0 bridgehead atoms. The van der Waals surface area contributed by atoms with Crippen LogP contribution >= 0.6 is 12.2 Å². The lowest BCUT2D eigenvalue weighted by atomic mass is 10.0. The highest BCUT2D eigenvalue weighted by Crippen LogP contribution is 2.30. The minimum atomic E-state index is -1.25. The van der Waals surface area contributed by atoms with Crippen molar-refractivity contribution in [1.29, 1.82) is 0 Å². The van der Waals surface area contributed by atoms with Crippen LogP contribution in [0.2, 0.25) is 0 Å². The molecule has 1 aliphatic carbocycles. The fraction of sp³-hybridized carbons (Fsp3) is 0.700. The van der Waals surface area contributed by atoms with Crippen molar-refractivity contribution in [2.75, 3.05) is 25.1 Å². The van der Waals surface area contributed by atoms with Crippen molar-refractivity contribution in [2.45, 2.75) is 68.7 Å². The van der Waals surface area contributed by atoms with Crippen molar-refractivity contribution in [2.24, 2.45) is 0 Å². The van der Waals surface area contributed by atoms with E-state index in [1.807, 2.05) is 0 Å². The molecule has 3 aliphatic rings. The lowest BCUT2D eigenvalue weighted by Crippen LogP contribution is -2.53. The van der Waals surface area contributed by atoms with E-state index in [1.165, 1.54) is 25.5 Å². The van der Waals surface area contributed by atoms with E-state index in [4.69, 9.17) is 26.4 Å². The minimum Gasteiger partial charge on any atom is -0.462 e. The highest BCUT2D eigenvalue weighted by Gasteiger charge is 2.42. The maximum atomic E-state index is 10.8. The van der Waals surface area contributed by atoms with Crippen molar-refractivity contribution < 1.29 is 24.4 Å². The van der Waals surface area contributed by atoms with E-state index in [0.29, 0.717) is 36.2 Å². The van der Waals surface area contributed by atoms with E-state index < -0.39 is 24.5 Å². The Balaban J connectivity index is 1.27. The van der Waals surface area contributed by atoms with Gasteiger partial charge >= 0.3 is 0 Å². The number of nitrogens with one attached hydrogen (secondary N) is 2. The molecule has 0 aromatic carbocycles. The number of rotatable bonds is 5. The number of fused-ring (bicyclic) bond motifs is 1. The zero-order valence-electron chi connectivity index (χ0n) is 17.6. The molecule has 11 nitrogen and oxygen atoms in total. The zero-order valence-corrected chi connectivity index (χ0v) is 18.4. The summed E-state index contributed by atoms with van der Waals surface area (Å²) in [5.41, 5.74) is 1.06. The number of anilines is 1. The maximum Gasteiger partial charge on any atom is 0.257 e. The molecule has 0 radical (unpaired) electrons. The molecular formula is C20H28N6O5S. The van der Waals surface area contributed by atoms with Crippen molar-refractivity contribution in [3.05, 3.63) is 12.7 Å². The number of imidazole rings is 1. The lowest BCUT2D eigenvalue weighted by Gasteiger charge is -2.38. The average molecular weight is 465 g/mol. The fourth-order valence-electron chi connectivity index (χ4n) is 4.52. The largest absolute Gasteiger partial charge is 0.462 e. The van der Waals surface area contributed by atoms with Gasteiger partial charge in [-0.1, -0.05) is 12.8 Å². The lowest BCUT2D eigenvalue weighted by molar-refractivity contribution is -0.206. The van der Waals surface area contributed by atoms with E-state index in [9.17, 15) is 10.2 Å². The van der Waals surface area contributed by atoms with Gasteiger partial charge in [-0.3, -0.25) is 4.57 Å². The predicted molar refractivity (Wildman–Crippen MR) is 118 cm³/mol. The summed E-state index contributed by atoms with van der Waals surface area (Å²) in [7, 11) is 0. The summed E-state index contributed by atoms with van der Waals surface area (Å²) in [5.74, 6) is 0.597. The molecule has 5 atom stereocenters. The summed E-state index contributed by atoms with van der Waals surface area (Å²) in [6, 6.07) is 0.466. The van der Waals surface area contributed by atoms with Gasteiger partial charge in [0, 0.05) is 12.6 Å². The normalized spacial score (nSPS) is 31.1. The number of nitrogens with zero attached hydrogens (tertiary/aromatic N) is 4. The molecule has 2 saturated heterocycles. The van der Waals surface area contributed by atoms with Crippen LogP contribution in [-0.2, 0) is 14.2 Å². The van der Waals surface area contributed by atoms with Crippen LogP contribution < -0.4 is 10.6 Å². The molecule has 5 rings (SSSR count). The smallest absolute Gasteiger partial charge is 0.257 e. The summed E-state index contributed by atoms with van der Waals surface area (Å²) in [6.45, 7) is 1.38. The van der Waals surface area contributed by atoms with E-state index in [1.54, 1.807) is 4.57 Å². The summed E-state index contributed by atoms with van der Waals surface area (Å²) < 4.78 is 18.6. The first-order valence-corrected chi connectivity index (χ1v) is 11.5. The highest BCUT2D eigenvalue weighted by molar-refractivity contribution is 7.80. The Morgan fingerprint density at radius 2 is 1.94 bits per heavy atom. The number of hydrogen-bond donors (Lipinski definition) is 4. The first-order valence-electron chi connectivity index (χ1n) is 11.1. The van der Waals surface area contributed by atoms with E-state index in [0.717, 1.165) is 19.3 Å². The van der Waals surface area contributed by atoms with E-state index in [2.05, 4.69) is 25.6 Å². The van der Waals surface area contributed by atoms with Gasteiger partial charge in [0.1, 0.15) is 18.5 Å². The molecule has 1 unspecified atom stereocenters. The second kappa shape index (κ2) is 9.40. The highest BCUT2D eigenvalue weighted by atomic mass is 32.1. The van der Waals surface area contributed by atoms with Crippen molar-refractivity contribution >= 4 is 34.4 Å². The van der Waals surface area contributed by atoms with Crippen LogP contribution in [0.4, 0.5) is 5.82 Å². The van der Waals surface area contributed by atoms with E-state index >= 15 is 0 Å². The summed E-state index contributed by atoms with van der Waals surface area (Å²) in [5, 5.41) is 28.2. The summed E-state index contributed by atoms with van der Waals surface area (Å²) >= 11 is 5.28. The van der Waals surface area contributed by atoms with Crippen molar-refractivity contribution in [3.63, 3.8) is 0 Å². The molecule has 2 aliphatic heterocycles. The molecule has 4 heterocycles. The molecule has 12 heteroatoms.